The molecule has 80 valence electrons. The molecule has 0 aromatic heterocycles. The molecule has 4 nitrogen and oxygen atoms in total. The van der Waals surface area contributed by atoms with Crippen LogP contribution < -0.4 is 0 Å². The highest BCUT2D eigenvalue weighted by Crippen LogP contribution is 2.05. The molecule has 1 atom stereocenters. The second-order valence-electron chi connectivity index (χ2n) is 3.76. The van der Waals surface area contributed by atoms with Crippen molar-refractivity contribution >= 4 is 0 Å². The number of hydrogen-bond donors (Lipinski definition) is 1. The van der Waals surface area contributed by atoms with E-state index in [1.54, 1.807) is 0 Å². The number of rotatable bonds is 4. The maximum absolute atomic E-state index is 8.76. The van der Waals surface area contributed by atoms with E-state index in [-0.39, 0.29) is 12.6 Å². The van der Waals surface area contributed by atoms with Gasteiger partial charge in [0.2, 0.25) is 0 Å². The summed E-state index contributed by atoms with van der Waals surface area (Å²) in [6.45, 7) is 7.18. The summed E-state index contributed by atoms with van der Waals surface area (Å²) in [7, 11) is 0. The smallest absolute Gasteiger partial charge is 0.0950 e. The third-order valence-electron chi connectivity index (χ3n) is 2.77. The van der Waals surface area contributed by atoms with Gasteiger partial charge >= 0.3 is 0 Å². The molecule has 1 aliphatic heterocycles. The monoisotopic (exact) mass is 197 g/mol. The van der Waals surface area contributed by atoms with Crippen LogP contribution in [0.15, 0.2) is 0 Å². The Morgan fingerprint density at radius 2 is 2.00 bits per heavy atom. The zero-order chi connectivity index (χ0) is 10.4. The number of nitrogens with zero attached hydrogens (tertiary/aromatic N) is 3. The van der Waals surface area contributed by atoms with Gasteiger partial charge in [-0.3, -0.25) is 4.90 Å². The van der Waals surface area contributed by atoms with E-state index in [1.807, 2.05) is 6.92 Å². The molecule has 1 saturated heterocycles. The van der Waals surface area contributed by atoms with Gasteiger partial charge in [-0.2, -0.15) is 5.26 Å². The lowest BCUT2D eigenvalue weighted by atomic mass is 10.2. The molecule has 0 bridgehead atoms. The van der Waals surface area contributed by atoms with Crippen molar-refractivity contribution in [3.8, 4) is 6.07 Å². The third kappa shape index (κ3) is 3.26. The molecule has 0 aliphatic carbocycles. The zero-order valence-electron chi connectivity index (χ0n) is 8.82. The van der Waals surface area contributed by atoms with Gasteiger partial charge in [0, 0.05) is 39.3 Å². The van der Waals surface area contributed by atoms with Gasteiger partial charge in [-0.25, -0.2) is 0 Å². The van der Waals surface area contributed by atoms with E-state index in [9.17, 15) is 0 Å². The molecule has 1 heterocycles. The fraction of sp³-hybridized carbons (Fsp3) is 0.900. The van der Waals surface area contributed by atoms with Gasteiger partial charge in [-0.15, -0.1) is 0 Å². The van der Waals surface area contributed by atoms with Crippen LogP contribution in [0.3, 0.4) is 0 Å². The van der Waals surface area contributed by atoms with Crippen molar-refractivity contribution in [1.29, 1.82) is 5.26 Å². The number of nitriles is 1. The Bertz CT molecular complexity index is 194. The quantitative estimate of drug-likeness (QED) is 0.683. The van der Waals surface area contributed by atoms with Crippen LogP contribution in [0.5, 0.6) is 0 Å². The molecule has 0 saturated carbocycles. The van der Waals surface area contributed by atoms with Crippen molar-refractivity contribution in [3.63, 3.8) is 0 Å². The van der Waals surface area contributed by atoms with Crippen molar-refractivity contribution < 1.29 is 5.11 Å². The highest BCUT2D eigenvalue weighted by Gasteiger charge is 2.19. The number of piperazine rings is 1. The Morgan fingerprint density at radius 3 is 2.50 bits per heavy atom. The number of aliphatic hydroxyl groups is 1. The first-order valence-electron chi connectivity index (χ1n) is 5.25. The second-order valence-corrected chi connectivity index (χ2v) is 3.76. The summed E-state index contributed by atoms with van der Waals surface area (Å²) in [5.74, 6) is 0. The standard InChI is InChI=1S/C10H19N3O/c1-10(9-11)13-6-4-12(5-7-13)3-2-8-14/h10,14H,2-8H2,1H3. The lowest BCUT2D eigenvalue weighted by Crippen LogP contribution is -2.49. The maximum atomic E-state index is 8.76. The van der Waals surface area contributed by atoms with Crippen LogP contribution in [0.25, 0.3) is 0 Å². The van der Waals surface area contributed by atoms with Crippen LogP contribution in [-0.2, 0) is 0 Å². The first-order valence-corrected chi connectivity index (χ1v) is 5.25. The SMILES string of the molecule is CC(C#N)N1CCN(CCCO)CC1. The minimum absolute atomic E-state index is 0.0370. The van der Waals surface area contributed by atoms with Gasteiger partial charge < -0.3 is 10.0 Å². The molecule has 0 aromatic carbocycles. The molecule has 1 unspecified atom stereocenters. The molecule has 1 N–H and O–H groups in total. The van der Waals surface area contributed by atoms with Crippen molar-refractivity contribution in [2.24, 2.45) is 0 Å². The molecular formula is C10H19N3O. The van der Waals surface area contributed by atoms with E-state index in [4.69, 9.17) is 10.4 Å². The average Bonchev–Trinajstić information content (AvgIpc) is 2.26. The summed E-state index contributed by atoms with van der Waals surface area (Å²) in [4.78, 5) is 4.55. The Balaban J connectivity index is 2.21. The van der Waals surface area contributed by atoms with Crippen LogP contribution in [0, 0.1) is 11.3 Å². The summed E-state index contributed by atoms with van der Waals surface area (Å²) in [6.07, 6.45) is 0.855. The lowest BCUT2D eigenvalue weighted by Gasteiger charge is -2.35. The van der Waals surface area contributed by atoms with Crippen molar-refractivity contribution in [3.05, 3.63) is 0 Å². The van der Waals surface area contributed by atoms with Crippen LogP contribution in [0.4, 0.5) is 0 Å². The Morgan fingerprint density at radius 1 is 1.36 bits per heavy atom. The van der Waals surface area contributed by atoms with E-state index in [0.717, 1.165) is 39.1 Å². The van der Waals surface area contributed by atoms with Crippen LogP contribution in [0.1, 0.15) is 13.3 Å². The summed E-state index contributed by atoms with van der Waals surface area (Å²) in [5, 5.41) is 17.5. The largest absolute Gasteiger partial charge is 0.396 e. The Labute approximate surface area is 85.7 Å². The molecule has 1 rings (SSSR count). The second kappa shape index (κ2) is 5.97. The molecule has 14 heavy (non-hydrogen) atoms. The molecule has 4 heteroatoms. The Kier molecular flexibility index (Phi) is 4.88. The highest BCUT2D eigenvalue weighted by atomic mass is 16.3. The fourth-order valence-electron chi connectivity index (χ4n) is 1.75. The topological polar surface area (TPSA) is 50.5 Å². The van der Waals surface area contributed by atoms with Gasteiger partial charge in [-0.1, -0.05) is 0 Å². The lowest BCUT2D eigenvalue weighted by molar-refractivity contribution is 0.113. The van der Waals surface area contributed by atoms with E-state index in [2.05, 4.69) is 15.9 Å². The normalized spacial score (nSPS) is 21.8. The van der Waals surface area contributed by atoms with Gasteiger partial charge in [-0.05, 0) is 13.3 Å². The molecule has 0 radical (unpaired) electrons. The van der Waals surface area contributed by atoms with Gasteiger partial charge in [0.25, 0.3) is 0 Å². The summed E-state index contributed by atoms with van der Waals surface area (Å²) >= 11 is 0. The summed E-state index contributed by atoms with van der Waals surface area (Å²) in [5.41, 5.74) is 0. The first kappa shape index (κ1) is 11.4. The highest BCUT2D eigenvalue weighted by molar-refractivity contribution is 4.90. The summed E-state index contributed by atoms with van der Waals surface area (Å²) in [6, 6.07) is 2.30. The predicted molar refractivity (Wildman–Crippen MR) is 54.8 cm³/mol. The van der Waals surface area contributed by atoms with Gasteiger partial charge in [0.15, 0.2) is 0 Å². The van der Waals surface area contributed by atoms with Crippen LogP contribution >= 0.6 is 0 Å². The Hall–Kier alpha value is -0.630. The van der Waals surface area contributed by atoms with Crippen LogP contribution in [-0.4, -0.2) is 60.3 Å². The minimum atomic E-state index is 0.0370. The average molecular weight is 197 g/mol. The van der Waals surface area contributed by atoms with Crippen molar-refractivity contribution in [2.75, 3.05) is 39.3 Å². The number of aliphatic hydroxyl groups excluding tert-OH is 1. The molecular weight excluding hydrogens is 178 g/mol. The van der Waals surface area contributed by atoms with E-state index >= 15 is 0 Å². The first-order chi connectivity index (χ1) is 6.77. The molecule has 1 aliphatic rings. The zero-order valence-corrected chi connectivity index (χ0v) is 8.82. The van der Waals surface area contributed by atoms with E-state index in [0.29, 0.717) is 0 Å². The van der Waals surface area contributed by atoms with E-state index < -0.39 is 0 Å². The van der Waals surface area contributed by atoms with Crippen LogP contribution in [0.2, 0.25) is 0 Å². The maximum Gasteiger partial charge on any atom is 0.0950 e. The molecule has 0 spiro atoms. The van der Waals surface area contributed by atoms with E-state index in [1.165, 1.54) is 0 Å². The predicted octanol–water partition coefficient (Wildman–Crippen LogP) is -0.102. The minimum Gasteiger partial charge on any atom is -0.396 e. The summed E-state index contributed by atoms with van der Waals surface area (Å²) < 4.78 is 0. The van der Waals surface area contributed by atoms with Gasteiger partial charge in [0.1, 0.15) is 0 Å². The number of hydrogen-bond acceptors (Lipinski definition) is 4. The van der Waals surface area contributed by atoms with Crippen molar-refractivity contribution in [2.45, 2.75) is 19.4 Å². The molecule has 0 amide bonds. The van der Waals surface area contributed by atoms with Crippen molar-refractivity contribution in [1.82, 2.24) is 9.80 Å². The third-order valence-corrected chi connectivity index (χ3v) is 2.77. The fourth-order valence-corrected chi connectivity index (χ4v) is 1.75. The molecule has 1 fully saturated rings. The van der Waals surface area contributed by atoms with Gasteiger partial charge in [0.05, 0.1) is 12.1 Å². The molecule has 0 aromatic rings.